The number of carbonyl (C=O) groups is 1. The fraction of sp³-hybridized carbons (Fsp3) is 0.533. The molecule has 2 rings (SSSR count). The fourth-order valence-electron chi connectivity index (χ4n) is 2.61. The molecule has 1 amide bonds. The lowest BCUT2D eigenvalue weighted by molar-refractivity contribution is 0.0661. The molecular formula is C15H22BrClN2O2. The van der Waals surface area contributed by atoms with Crippen molar-refractivity contribution in [3.05, 3.63) is 28.2 Å². The number of methoxy groups -OCH3 is 1. The van der Waals surface area contributed by atoms with Gasteiger partial charge in [-0.15, -0.1) is 12.4 Å². The maximum absolute atomic E-state index is 12.5. The summed E-state index contributed by atoms with van der Waals surface area (Å²) in [5.74, 6) is 1.20. The first kappa shape index (κ1) is 18.3. The summed E-state index contributed by atoms with van der Waals surface area (Å²) in [6, 6.07) is 5.57. The van der Waals surface area contributed by atoms with E-state index in [4.69, 9.17) is 10.5 Å². The van der Waals surface area contributed by atoms with Crippen molar-refractivity contribution in [1.29, 1.82) is 0 Å². The van der Waals surface area contributed by atoms with E-state index in [0.717, 1.165) is 36.2 Å². The minimum absolute atomic E-state index is 0. The summed E-state index contributed by atoms with van der Waals surface area (Å²) in [6.07, 6.45) is 2.13. The third-order valence-electron chi connectivity index (χ3n) is 3.89. The van der Waals surface area contributed by atoms with E-state index in [1.54, 1.807) is 13.2 Å². The number of halogens is 2. The van der Waals surface area contributed by atoms with Gasteiger partial charge in [-0.05, 0) is 59.8 Å². The van der Waals surface area contributed by atoms with Crippen LogP contribution in [-0.4, -0.2) is 37.0 Å². The van der Waals surface area contributed by atoms with Crippen molar-refractivity contribution in [2.75, 3.05) is 20.2 Å². The normalized spacial score (nSPS) is 19.6. The quantitative estimate of drug-likeness (QED) is 0.880. The average Bonchev–Trinajstić information content (AvgIpc) is 2.46. The van der Waals surface area contributed by atoms with Crippen LogP contribution >= 0.6 is 28.3 Å². The van der Waals surface area contributed by atoms with Crippen LogP contribution in [0, 0.1) is 5.92 Å². The van der Waals surface area contributed by atoms with Gasteiger partial charge in [-0.3, -0.25) is 4.79 Å². The van der Waals surface area contributed by atoms with E-state index in [-0.39, 0.29) is 24.4 Å². The Morgan fingerprint density at radius 2 is 2.24 bits per heavy atom. The number of ether oxygens (including phenoxy) is 1. The van der Waals surface area contributed by atoms with Crippen LogP contribution in [0.3, 0.4) is 0 Å². The molecule has 21 heavy (non-hydrogen) atoms. The molecule has 6 heteroatoms. The first-order valence-electron chi connectivity index (χ1n) is 6.91. The first-order chi connectivity index (χ1) is 9.52. The Bertz CT molecular complexity index is 497. The summed E-state index contributed by atoms with van der Waals surface area (Å²) >= 11 is 3.42. The lowest BCUT2D eigenvalue weighted by Gasteiger charge is -2.34. The molecule has 2 N–H and O–H groups in total. The number of amides is 1. The van der Waals surface area contributed by atoms with Crippen molar-refractivity contribution in [3.8, 4) is 5.75 Å². The number of carbonyl (C=O) groups excluding carboxylic acids is 1. The Balaban J connectivity index is 0.00000220. The third kappa shape index (κ3) is 4.34. The maximum atomic E-state index is 12.5. The summed E-state index contributed by atoms with van der Waals surface area (Å²) in [5.41, 5.74) is 6.65. The van der Waals surface area contributed by atoms with E-state index in [0.29, 0.717) is 11.5 Å². The zero-order valence-corrected chi connectivity index (χ0v) is 14.7. The van der Waals surface area contributed by atoms with Crippen LogP contribution in [0.4, 0.5) is 0 Å². The lowest BCUT2D eigenvalue weighted by Crippen LogP contribution is -2.45. The van der Waals surface area contributed by atoms with Crippen LogP contribution in [0.5, 0.6) is 5.75 Å². The summed E-state index contributed by atoms with van der Waals surface area (Å²) in [4.78, 5) is 14.5. The smallest absolute Gasteiger partial charge is 0.253 e. The molecule has 2 atom stereocenters. The molecule has 1 aliphatic rings. The number of benzene rings is 1. The van der Waals surface area contributed by atoms with Gasteiger partial charge in [-0.2, -0.15) is 0 Å². The molecule has 4 nitrogen and oxygen atoms in total. The molecule has 0 spiro atoms. The molecule has 1 aromatic carbocycles. The van der Waals surface area contributed by atoms with E-state index in [1.165, 1.54) is 0 Å². The summed E-state index contributed by atoms with van der Waals surface area (Å²) < 4.78 is 5.98. The standard InChI is InChI=1S/C15H21BrN2O2.ClH/c1-10(17)12-4-3-7-18(9-12)15(19)11-5-6-14(20-2)13(16)8-11;/h5-6,8,10,12H,3-4,7,9,17H2,1-2H3;1H. The van der Waals surface area contributed by atoms with Crippen molar-refractivity contribution in [1.82, 2.24) is 4.90 Å². The molecule has 1 aromatic rings. The fourth-order valence-corrected chi connectivity index (χ4v) is 3.15. The van der Waals surface area contributed by atoms with E-state index >= 15 is 0 Å². The van der Waals surface area contributed by atoms with E-state index in [2.05, 4.69) is 15.9 Å². The van der Waals surface area contributed by atoms with Crippen molar-refractivity contribution >= 4 is 34.2 Å². The number of rotatable bonds is 3. The Labute approximate surface area is 140 Å². The predicted molar refractivity (Wildman–Crippen MR) is 90.2 cm³/mol. The molecule has 1 aliphatic heterocycles. The predicted octanol–water partition coefficient (Wildman–Crippen LogP) is 3.08. The average molecular weight is 378 g/mol. The molecule has 1 saturated heterocycles. The van der Waals surface area contributed by atoms with Crippen molar-refractivity contribution in [2.24, 2.45) is 11.7 Å². The van der Waals surface area contributed by atoms with Crippen LogP contribution in [0.25, 0.3) is 0 Å². The number of likely N-dealkylation sites (tertiary alicyclic amines) is 1. The highest BCUT2D eigenvalue weighted by atomic mass is 79.9. The van der Waals surface area contributed by atoms with Crippen LogP contribution < -0.4 is 10.5 Å². The molecule has 0 radical (unpaired) electrons. The third-order valence-corrected chi connectivity index (χ3v) is 4.51. The topological polar surface area (TPSA) is 55.6 Å². The SMILES string of the molecule is COc1ccc(C(=O)N2CCCC(C(C)N)C2)cc1Br.Cl. The molecular weight excluding hydrogens is 356 g/mol. The van der Waals surface area contributed by atoms with Gasteiger partial charge in [-0.1, -0.05) is 0 Å². The Kier molecular flexibility index (Phi) is 6.97. The summed E-state index contributed by atoms with van der Waals surface area (Å²) in [5, 5.41) is 0. The van der Waals surface area contributed by atoms with Gasteiger partial charge in [0, 0.05) is 24.7 Å². The minimum atomic E-state index is 0. The molecule has 2 unspecified atom stereocenters. The molecule has 118 valence electrons. The number of nitrogens with two attached hydrogens (primary N) is 1. The maximum Gasteiger partial charge on any atom is 0.253 e. The number of nitrogens with zero attached hydrogens (tertiary/aromatic N) is 1. The van der Waals surface area contributed by atoms with Gasteiger partial charge in [0.2, 0.25) is 0 Å². The highest BCUT2D eigenvalue weighted by Gasteiger charge is 2.26. The second-order valence-corrected chi connectivity index (χ2v) is 6.22. The largest absolute Gasteiger partial charge is 0.496 e. The summed E-state index contributed by atoms with van der Waals surface area (Å²) in [6.45, 7) is 3.58. The van der Waals surface area contributed by atoms with Crippen molar-refractivity contribution < 1.29 is 9.53 Å². The van der Waals surface area contributed by atoms with Gasteiger partial charge in [0.05, 0.1) is 11.6 Å². The van der Waals surface area contributed by atoms with Gasteiger partial charge >= 0.3 is 0 Å². The van der Waals surface area contributed by atoms with Gasteiger partial charge in [0.15, 0.2) is 0 Å². The minimum Gasteiger partial charge on any atom is -0.496 e. The number of hydrogen-bond acceptors (Lipinski definition) is 3. The zero-order valence-electron chi connectivity index (χ0n) is 12.3. The highest BCUT2D eigenvalue weighted by Crippen LogP contribution is 2.27. The Morgan fingerprint density at radius 3 is 2.81 bits per heavy atom. The van der Waals surface area contributed by atoms with Crippen LogP contribution in [0.1, 0.15) is 30.1 Å². The molecule has 1 heterocycles. The summed E-state index contributed by atoms with van der Waals surface area (Å²) in [7, 11) is 1.61. The molecule has 0 aromatic heterocycles. The van der Waals surface area contributed by atoms with E-state index in [9.17, 15) is 4.79 Å². The monoisotopic (exact) mass is 376 g/mol. The second-order valence-electron chi connectivity index (χ2n) is 5.36. The van der Waals surface area contributed by atoms with Gasteiger partial charge < -0.3 is 15.4 Å². The van der Waals surface area contributed by atoms with Crippen molar-refractivity contribution in [3.63, 3.8) is 0 Å². The van der Waals surface area contributed by atoms with Gasteiger partial charge in [0.1, 0.15) is 5.75 Å². The van der Waals surface area contributed by atoms with Crippen LogP contribution in [0.15, 0.2) is 22.7 Å². The molecule has 0 bridgehead atoms. The zero-order chi connectivity index (χ0) is 14.7. The van der Waals surface area contributed by atoms with Crippen molar-refractivity contribution in [2.45, 2.75) is 25.8 Å². The van der Waals surface area contributed by atoms with Crippen LogP contribution in [-0.2, 0) is 0 Å². The Hall–Kier alpha value is -0.780. The first-order valence-corrected chi connectivity index (χ1v) is 7.70. The Morgan fingerprint density at radius 1 is 1.52 bits per heavy atom. The lowest BCUT2D eigenvalue weighted by atomic mass is 9.92. The second kappa shape index (κ2) is 8.01. The van der Waals surface area contributed by atoms with Gasteiger partial charge in [-0.25, -0.2) is 0 Å². The number of hydrogen-bond donors (Lipinski definition) is 1. The van der Waals surface area contributed by atoms with E-state index < -0.39 is 0 Å². The van der Waals surface area contributed by atoms with Crippen LogP contribution in [0.2, 0.25) is 0 Å². The highest BCUT2D eigenvalue weighted by molar-refractivity contribution is 9.10. The molecule has 1 fully saturated rings. The molecule has 0 aliphatic carbocycles. The van der Waals surface area contributed by atoms with E-state index in [1.807, 2.05) is 24.0 Å². The molecule has 0 saturated carbocycles. The number of piperidine rings is 1. The van der Waals surface area contributed by atoms with Gasteiger partial charge in [0.25, 0.3) is 5.91 Å².